The van der Waals surface area contributed by atoms with Crippen molar-refractivity contribution < 1.29 is 17.6 Å². The van der Waals surface area contributed by atoms with Gasteiger partial charge in [0.2, 0.25) is 5.95 Å². The number of carbonyl (C=O) groups is 1. The fraction of sp³-hybridized carbons (Fsp3) is 0.200. The summed E-state index contributed by atoms with van der Waals surface area (Å²) in [7, 11) is -3.36. The summed E-state index contributed by atoms with van der Waals surface area (Å²) in [6.45, 7) is 3.06. The third-order valence-electron chi connectivity index (χ3n) is 6.15. The molecule has 2 aromatic carbocycles. The Hall–Kier alpha value is -4.32. The minimum absolute atomic E-state index is 0.0797. The molecular formula is C25H24FN7O3S. The molecule has 0 aliphatic carbocycles. The summed E-state index contributed by atoms with van der Waals surface area (Å²) in [5.74, 6) is -0.486. The van der Waals surface area contributed by atoms with E-state index in [9.17, 15) is 13.2 Å². The molecule has 1 saturated heterocycles. The van der Waals surface area contributed by atoms with Crippen LogP contribution in [0.4, 0.5) is 26.5 Å². The zero-order chi connectivity index (χ0) is 26.3. The number of nitrogen functional groups attached to an aromatic ring is 1. The van der Waals surface area contributed by atoms with Crippen LogP contribution in [0.5, 0.6) is 0 Å². The van der Waals surface area contributed by atoms with Crippen molar-refractivity contribution in [3.8, 4) is 22.5 Å². The van der Waals surface area contributed by atoms with Crippen LogP contribution >= 0.6 is 0 Å². The average Bonchev–Trinajstić information content (AvgIpc) is 3.47. The summed E-state index contributed by atoms with van der Waals surface area (Å²) in [5, 5.41) is 4.55. The van der Waals surface area contributed by atoms with Crippen LogP contribution in [0.15, 0.2) is 65.8 Å². The van der Waals surface area contributed by atoms with Gasteiger partial charge >= 0.3 is 6.03 Å². The molecule has 0 radical (unpaired) electrons. The number of aromatic nitrogens is 4. The summed E-state index contributed by atoms with van der Waals surface area (Å²) in [5.41, 5.74) is 8.12. The third kappa shape index (κ3) is 4.51. The molecule has 37 heavy (non-hydrogen) atoms. The first-order chi connectivity index (χ1) is 17.7. The van der Waals surface area contributed by atoms with E-state index >= 15 is 4.39 Å². The maximum atomic E-state index is 16.0. The maximum Gasteiger partial charge on any atom is 0.329 e. The van der Waals surface area contributed by atoms with E-state index in [1.54, 1.807) is 47.3 Å². The number of amides is 2. The second-order valence-electron chi connectivity index (χ2n) is 8.54. The number of hydrogen-bond acceptors (Lipinski definition) is 7. The van der Waals surface area contributed by atoms with Gasteiger partial charge in [0.1, 0.15) is 5.69 Å². The lowest BCUT2D eigenvalue weighted by Crippen LogP contribution is -2.32. The minimum atomic E-state index is -3.36. The molecule has 1 fully saturated rings. The molecule has 1 aliphatic rings. The molecule has 4 aromatic rings. The van der Waals surface area contributed by atoms with Gasteiger partial charge in [0.15, 0.2) is 15.7 Å². The van der Waals surface area contributed by atoms with Crippen molar-refractivity contribution in [1.82, 2.24) is 19.7 Å². The van der Waals surface area contributed by atoms with Gasteiger partial charge in [0.05, 0.1) is 16.3 Å². The molecule has 10 nitrogen and oxygen atoms in total. The van der Waals surface area contributed by atoms with Gasteiger partial charge in [-0.2, -0.15) is 5.10 Å². The predicted molar refractivity (Wildman–Crippen MR) is 138 cm³/mol. The molecular weight excluding hydrogens is 497 g/mol. The molecule has 1 aliphatic heterocycles. The predicted octanol–water partition coefficient (Wildman–Crippen LogP) is 3.60. The van der Waals surface area contributed by atoms with Crippen LogP contribution in [0.1, 0.15) is 6.92 Å². The maximum absolute atomic E-state index is 16.0. The highest BCUT2D eigenvalue weighted by Gasteiger charge is 2.33. The number of urea groups is 1. The molecule has 0 spiro atoms. The molecule has 2 aromatic heterocycles. The van der Waals surface area contributed by atoms with Crippen LogP contribution in [0.25, 0.3) is 22.5 Å². The molecule has 0 saturated carbocycles. The highest BCUT2D eigenvalue weighted by atomic mass is 32.2. The summed E-state index contributed by atoms with van der Waals surface area (Å²) >= 11 is 0. The number of carbonyl (C=O) groups excluding carboxylic acids is 1. The van der Waals surface area contributed by atoms with Crippen LogP contribution in [-0.4, -0.2) is 53.5 Å². The highest BCUT2D eigenvalue weighted by molar-refractivity contribution is 7.90. The lowest BCUT2D eigenvalue weighted by Gasteiger charge is -2.20. The molecule has 0 bridgehead atoms. The van der Waals surface area contributed by atoms with E-state index in [1.807, 2.05) is 6.92 Å². The quantitative estimate of drug-likeness (QED) is 0.411. The van der Waals surface area contributed by atoms with Crippen molar-refractivity contribution in [3.05, 3.63) is 66.7 Å². The zero-order valence-electron chi connectivity index (χ0n) is 20.2. The van der Waals surface area contributed by atoms with Crippen molar-refractivity contribution >= 4 is 33.2 Å². The zero-order valence-corrected chi connectivity index (χ0v) is 21.0. The van der Waals surface area contributed by atoms with Crippen LogP contribution in [-0.2, 0) is 16.4 Å². The van der Waals surface area contributed by atoms with E-state index in [1.165, 1.54) is 28.1 Å². The van der Waals surface area contributed by atoms with Gasteiger partial charge in [-0.25, -0.2) is 27.6 Å². The van der Waals surface area contributed by atoms with Crippen LogP contribution in [0, 0.1) is 5.82 Å². The highest BCUT2D eigenvalue weighted by Crippen LogP contribution is 2.37. The number of sulfone groups is 1. The van der Waals surface area contributed by atoms with Gasteiger partial charge in [-0.1, -0.05) is 12.1 Å². The Morgan fingerprint density at radius 1 is 1.03 bits per heavy atom. The first-order valence-electron chi connectivity index (χ1n) is 11.5. The SMILES string of the molecule is CCn1cc(-c2cccc(N3CCN(c4ccc(S(C)(=O)=O)cc4)C3=O)c2F)c(-c2ccnc(N)n2)n1. The monoisotopic (exact) mass is 521 g/mol. The lowest BCUT2D eigenvalue weighted by atomic mass is 10.0. The summed E-state index contributed by atoms with van der Waals surface area (Å²) in [4.78, 5) is 24.5. The second kappa shape index (κ2) is 9.28. The van der Waals surface area contributed by atoms with Crippen molar-refractivity contribution in [2.24, 2.45) is 0 Å². The van der Waals surface area contributed by atoms with E-state index < -0.39 is 21.7 Å². The number of rotatable bonds is 6. The third-order valence-corrected chi connectivity index (χ3v) is 7.28. The van der Waals surface area contributed by atoms with E-state index in [0.717, 1.165) is 6.26 Å². The summed E-state index contributed by atoms with van der Waals surface area (Å²) < 4.78 is 41.2. The first kappa shape index (κ1) is 24.4. The minimum Gasteiger partial charge on any atom is -0.368 e. The first-order valence-corrected chi connectivity index (χ1v) is 13.4. The number of nitrogens with two attached hydrogens (primary N) is 1. The Bertz CT molecular complexity index is 1600. The number of halogens is 1. The molecule has 2 N–H and O–H groups in total. The molecule has 0 unspecified atom stereocenters. The molecule has 0 atom stereocenters. The van der Waals surface area contributed by atoms with Crippen molar-refractivity contribution in [2.45, 2.75) is 18.4 Å². The Balaban J connectivity index is 1.50. The lowest BCUT2D eigenvalue weighted by molar-refractivity contribution is 0.255. The smallest absolute Gasteiger partial charge is 0.329 e. The number of hydrogen-bond donors (Lipinski definition) is 1. The molecule has 3 heterocycles. The Morgan fingerprint density at radius 2 is 1.76 bits per heavy atom. The topological polar surface area (TPSA) is 127 Å². The number of nitrogens with zero attached hydrogens (tertiary/aromatic N) is 6. The van der Waals surface area contributed by atoms with Crippen molar-refractivity contribution in [3.63, 3.8) is 0 Å². The molecule has 12 heteroatoms. The number of aryl methyl sites for hydroxylation is 1. The summed E-state index contributed by atoms with van der Waals surface area (Å²) in [6, 6.07) is 12.2. The fourth-order valence-electron chi connectivity index (χ4n) is 4.28. The van der Waals surface area contributed by atoms with Gasteiger partial charge in [-0.05, 0) is 43.3 Å². The van der Waals surface area contributed by atoms with E-state index in [0.29, 0.717) is 35.7 Å². The van der Waals surface area contributed by atoms with Gasteiger partial charge in [-0.15, -0.1) is 0 Å². The molecule has 2 amide bonds. The number of benzene rings is 2. The fourth-order valence-corrected chi connectivity index (χ4v) is 4.92. The van der Waals surface area contributed by atoms with E-state index in [4.69, 9.17) is 5.73 Å². The largest absolute Gasteiger partial charge is 0.368 e. The van der Waals surface area contributed by atoms with Crippen LogP contribution < -0.4 is 15.5 Å². The van der Waals surface area contributed by atoms with Gasteiger partial charge in [-0.3, -0.25) is 14.5 Å². The number of anilines is 3. The van der Waals surface area contributed by atoms with Crippen LogP contribution in [0.3, 0.4) is 0 Å². The Labute approximate surface area is 213 Å². The van der Waals surface area contributed by atoms with Gasteiger partial charge in [0, 0.05) is 55.1 Å². The van der Waals surface area contributed by atoms with Crippen LogP contribution in [0.2, 0.25) is 0 Å². The van der Waals surface area contributed by atoms with Gasteiger partial charge in [0.25, 0.3) is 0 Å². The van der Waals surface area contributed by atoms with Gasteiger partial charge < -0.3 is 5.73 Å². The normalized spacial score (nSPS) is 14.0. The van der Waals surface area contributed by atoms with Crippen molar-refractivity contribution in [1.29, 1.82) is 0 Å². The Kier molecular flexibility index (Phi) is 6.12. The van der Waals surface area contributed by atoms with E-state index in [-0.39, 0.29) is 28.6 Å². The van der Waals surface area contributed by atoms with Crippen molar-refractivity contribution in [2.75, 3.05) is 34.9 Å². The van der Waals surface area contributed by atoms with E-state index in [2.05, 4.69) is 15.1 Å². The standard InChI is InChI=1S/C25H24FN7O3S/c1-3-31-15-19(23(30-31)20-11-12-28-24(27)29-20)18-5-4-6-21(22(18)26)33-14-13-32(25(33)34)16-7-9-17(10-8-16)37(2,35)36/h4-12,15H,3,13-14H2,1-2H3,(H2,27,28,29). The second-order valence-corrected chi connectivity index (χ2v) is 10.6. The molecule has 190 valence electrons. The Morgan fingerprint density at radius 3 is 2.43 bits per heavy atom. The summed E-state index contributed by atoms with van der Waals surface area (Å²) in [6.07, 6.45) is 4.37. The molecule has 5 rings (SSSR count). The average molecular weight is 522 g/mol.